The summed E-state index contributed by atoms with van der Waals surface area (Å²) < 4.78 is 7.60. The van der Waals surface area contributed by atoms with Crippen molar-refractivity contribution >= 4 is 5.95 Å². The van der Waals surface area contributed by atoms with Crippen molar-refractivity contribution in [2.75, 3.05) is 5.73 Å². The van der Waals surface area contributed by atoms with Crippen LogP contribution in [0, 0.1) is 0 Å². The van der Waals surface area contributed by atoms with Crippen LogP contribution in [0.15, 0.2) is 71.8 Å². The Morgan fingerprint density at radius 3 is 2.73 bits per heavy atom. The highest BCUT2D eigenvalue weighted by molar-refractivity contribution is 5.56. The second-order valence-electron chi connectivity index (χ2n) is 5.63. The van der Waals surface area contributed by atoms with E-state index in [-0.39, 0.29) is 11.6 Å². The third-order valence-corrected chi connectivity index (χ3v) is 3.84. The summed E-state index contributed by atoms with van der Waals surface area (Å²) in [5.41, 5.74) is 7.15. The second kappa shape index (κ2) is 6.64. The Kier molecular flexibility index (Phi) is 4.03. The quantitative estimate of drug-likeness (QED) is 0.610. The number of aromatic nitrogens is 4. The molecule has 26 heavy (non-hydrogen) atoms. The average molecular weight is 345 g/mol. The smallest absolute Gasteiger partial charge is 0.302 e. The first-order valence-corrected chi connectivity index (χ1v) is 7.99. The number of hydrogen-bond donors (Lipinski definition) is 1. The Labute approximate surface area is 149 Å². The number of nitrogen functional groups attached to an aromatic ring is 1. The molecule has 0 bridgehead atoms. The van der Waals surface area contributed by atoms with Gasteiger partial charge in [-0.25, -0.2) is 4.98 Å². The first-order chi connectivity index (χ1) is 12.7. The Morgan fingerprint density at radius 2 is 1.88 bits per heavy atom. The molecule has 2 aromatic carbocycles. The molecule has 0 saturated carbocycles. The Hall–Kier alpha value is -3.74. The van der Waals surface area contributed by atoms with Crippen LogP contribution < -0.4 is 16.0 Å². The van der Waals surface area contributed by atoms with E-state index in [2.05, 4.69) is 15.0 Å². The van der Waals surface area contributed by atoms with Crippen molar-refractivity contribution in [1.82, 2.24) is 19.5 Å². The largest absolute Gasteiger partial charge is 0.489 e. The van der Waals surface area contributed by atoms with Gasteiger partial charge in [0, 0.05) is 18.5 Å². The molecule has 2 aliphatic rings. The Balaban J connectivity index is 1.68. The minimum Gasteiger partial charge on any atom is -0.489 e. The molecule has 0 amide bonds. The van der Waals surface area contributed by atoms with Gasteiger partial charge in [0.1, 0.15) is 12.4 Å². The normalized spacial score (nSPS) is 10.8. The first kappa shape index (κ1) is 15.8. The van der Waals surface area contributed by atoms with E-state index >= 15 is 0 Å². The van der Waals surface area contributed by atoms with Crippen molar-refractivity contribution in [3.05, 3.63) is 82.9 Å². The average Bonchev–Trinajstić information content (AvgIpc) is 2.67. The lowest BCUT2D eigenvalue weighted by Crippen LogP contribution is -2.20. The summed E-state index contributed by atoms with van der Waals surface area (Å²) in [6.45, 7) is 0.464. The number of rotatable bonds is 4. The van der Waals surface area contributed by atoms with Crippen LogP contribution in [-0.4, -0.2) is 19.5 Å². The van der Waals surface area contributed by atoms with Gasteiger partial charge in [0.05, 0.1) is 5.69 Å². The van der Waals surface area contributed by atoms with Crippen LogP contribution in [0.25, 0.3) is 17.2 Å². The van der Waals surface area contributed by atoms with Gasteiger partial charge in [0.15, 0.2) is 11.5 Å². The van der Waals surface area contributed by atoms with Gasteiger partial charge in [-0.05, 0) is 17.7 Å². The van der Waals surface area contributed by atoms with Crippen molar-refractivity contribution < 1.29 is 4.74 Å². The van der Waals surface area contributed by atoms with Crippen LogP contribution in [0.5, 0.6) is 5.75 Å². The maximum atomic E-state index is 12.0. The number of benzene rings is 2. The number of nitrogens with two attached hydrogens (primary N) is 1. The summed E-state index contributed by atoms with van der Waals surface area (Å²) in [6.07, 6.45) is 3.24. The van der Waals surface area contributed by atoms with E-state index in [1.165, 1.54) is 6.20 Å². The molecule has 128 valence electrons. The fourth-order valence-corrected chi connectivity index (χ4v) is 2.64. The van der Waals surface area contributed by atoms with E-state index < -0.39 is 5.56 Å². The lowest BCUT2D eigenvalue weighted by molar-refractivity contribution is 0.306. The number of fused-ring (bicyclic) bond motifs is 1. The van der Waals surface area contributed by atoms with Gasteiger partial charge in [-0.3, -0.25) is 9.36 Å². The summed E-state index contributed by atoms with van der Waals surface area (Å²) in [6, 6.07) is 17.4. The molecule has 0 aliphatic carbocycles. The summed E-state index contributed by atoms with van der Waals surface area (Å²) in [7, 11) is 0. The van der Waals surface area contributed by atoms with Crippen LogP contribution in [0.3, 0.4) is 0 Å². The van der Waals surface area contributed by atoms with E-state index in [4.69, 9.17) is 10.5 Å². The fourth-order valence-electron chi connectivity index (χ4n) is 2.64. The molecule has 0 radical (unpaired) electrons. The van der Waals surface area contributed by atoms with Crippen molar-refractivity contribution in [3.8, 4) is 23.0 Å². The van der Waals surface area contributed by atoms with E-state index in [0.717, 1.165) is 11.3 Å². The van der Waals surface area contributed by atoms with E-state index in [9.17, 15) is 4.79 Å². The number of nitrogens with zero attached hydrogens (tertiary/aromatic N) is 4. The molecule has 0 aromatic heterocycles. The summed E-state index contributed by atoms with van der Waals surface area (Å²) in [5.74, 6) is 0.971. The minimum atomic E-state index is -0.502. The molecule has 2 aliphatic heterocycles. The highest BCUT2D eigenvalue weighted by atomic mass is 16.5. The minimum absolute atomic E-state index is 0.0827. The summed E-state index contributed by atoms with van der Waals surface area (Å²) in [4.78, 5) is 23.8. The third-order valence-electron chi connectivity index (χ3n) is 3.84. The van der Waals surface area contributed by atoms with Gasteiger partial charge in [-0.15, -0.1) is 0 Å². The van der Waals surface area contributed by atoms with Gasteiger partial charge < -0.3 is 10.5 Å². The third kappa shape index (κ3) is 3.10. The van der Waals surface area contributed by atoms with E-state index in [1.54, 1.807) is 10.8 Å². The van der Waals surface area contributed by atoms with Gasteiger partial charge in [-0.1, -0.05) is 36.4 Å². The molecule has 7 nitrogen and oxygen atoms in total. The van der Waals surface area contributed by atoms with Crippen LogP contribution in [0.4, 0.5) is 5.95 Å². The highest BCUT2D eigenvalue weighted by Gasteiger charge is 2.16. The van der Waals surface area contributed by atoms with Gasteiger partial charge in [-0.2, -0.15) is 9.97 Å². The van der Waals surface area contributed by atoms with Crippen molar-refractivity contribution in [1.29, 1.82) is 0 Å². The van der Waals surface area contributed by atoms with Crippen molar-refractivity contribution in [2.45, 2.75) is 6.61 Å². The van der Waals surface area contributed by atoms with E-state index in [1.807, 2.05) is 54.6 Å². The molecule has 2 N–H and O–H groups in total. The van der Waals surface area contributed by atoms with Gasteiger partial charge in [0.25, 0.3) is 0 Å². The molecular formula is C19H15N5O2. The summed E-state index contributed by atoms with van der Waals surface area (Å²) in [5, 5.41) is 0. The molecule has 0 unspecified atom stereocenters. The maximum absolute atomic E-state index is 12.0. The number of ether oxygens (including phenoxy) is 1. The number of anilines is 1. The van der Waals surface area contributed by atoms with Crippen molar-refractivity contribution in [3.63, 3.8) is 0 Å². The Morgan fingerprint density at radius 1 is 1.04 bits per heavy atom. The molecule has 2 heterocycles. The number of hydrogen-bond acceptors (Lipinski definition) is 6. The Bertz CT molecular complexity index is 1080. The predicted octanol–water partition coefficient (Wildman–Crippen LogP) is 2.29. The van der Waals surface area contributed by atoms with Crippen LogP contribution in [0.1, 0.15) is 5.56 Å². The molecule has 4 rings (SSSR count). The van der Waals surface area contributed by atoms with E-state index in [0.29, 0.717) is 18.2 Å². The van der Waals surface area contributed by atoms with Gasteiger partial charge >= 0.3 is 5.56 Å². The monoisotopic (exact) mass is 345 g/mol. The highest BCUT2D eigenvalue weighted by Crippen LogP contribution is 2.22. The van der Waals surface area contributed by atoms with Crippen molar-refractivity contribution in [2.24, 2.45) is 0 Å². The van der Waals surface area contributed by atoms with Gasteiger partial charge in [0.2, 0.25) is 5.95 Å². The molecule has 0 spiro atoms. The molecular weight excluding hydrogens is 330 g/mol. The van der Waals surface area contributed by atoms with Crippen LogP contribution in [-0.2, 0) is 6.61 Å². The SMILES string of the molecule is Nc1nc2n(-c3cccc(OCc4ccccc4)c3)ccnc-2c(=O)n1. The molecule has 2 aromatic rings. The molecule has 7 heteroatoms. The zero-order valence-electron chi connectivity index (χ0n) is 13.7. The molecule has 0 saturated heterocycles. The first-order valence-electron chi connectivity index (χ1n) is 7.99. The topological polar surface area (TPSA) is 95.9 Å². The van der Waals surface area contributed by atoms with Crippen LogP contribution >= 0.6 is 0 Å². The predicted molar refractivity (Wildman–Crippen MR) is 97.2 cm³/mol. The molecule has 0 atom stereocenters. The lowest BCUT2D eigenvalue weighted by Gasteiger charge is -2.14. The fraction of sp³-hybridized carbons (Fsp3) is 0.0526. The lowest BCUT2D eigenvalue weighted by atomic mass is 10.2. The summed E-state index contributed by atoms with van der Waals surface area (Å²) >= 11 is 0. The maximum Gasteiger partial charge on any atom is 0.302 e. The second-order valence-corrected chi connectivity index (χ2v) is 5.63. The van der Waals surface area contributed by atoms with Crippen LogP contribution in [0.2, 0.25) is 0 Å². The zero-order valence-corrected chi connectivity index (χ0v) is 13.7. The zero-order chi connectivity index (χ0) is 17.9. The standard InChI is InChI=1S/C19H15N5O2/c20-19-22-17-16(18(25)23-19)21-9-10-24(17)14-7-4-8-15(11-14)26-12-13-5-2-1-3-6-13/h1-11H,12H2,(H2,20,23,25). The molecule has 0 fully saturated rings.